The van der Waals surface area contributed by atoms with E-state index < -0.39 is 5.97 Å². The summed E-state index contributed by atoms with van der Waals surface area (Å²) >= 11 is 0. The van der Waals surface area contributed by atoms with Crippen molar-refractivity contribution in [3.8, 4) is 11.5 Å². The Kier molecular flexibility index (Phi) is 3.28. The van der Waals surface area contributed by atoms with Crippen LogP contribution in [-0.4, -0.2) is 31.7 Å². The molecule has 25 heavy (non-hydrogen) atoms. The highest BCUT2D eigenvalue weighted by atomic mass is 16.5. The first-order valence-corrected chi connectivity index (χ1v) is 7.64. The zero-order valence-corrected chi connectivity index (χ0v) is 14.0. The molecular weight excluding hydrogens is 322 g/mol. The van der Waals surface area contributed by atoms with Crippen LogP contribution in [0, 0.1) is 0 Å². The lowest BCUT2D eigenvalue weighted by atomic mass is 10.0. The molecule has 0 aliphatic rings. The van der Waals surface area contributed by atoms with Gasteiger partial charge in [0.25, 0.3) is 5.56 Å². The lowest BCUT2D eigenvalue weighted by Gasteiger charge is -2.11. The zero-order valence-electron chi connectivity index (χ0n) is 14.0. The zero-order chi connectivity index (χ0) is 17.7. The fraction of sp³-hybridized carbons (Fsp3) is 0.158. The van der Waals surface area contributed by atoms with E-state index in [1.54, 1.807) is 25.3 Å². The molecule has 0 atom stereocenters. The van der Waals surface area contributed by atoms with Crippen LogP contribution in [0.3, 0.4) is 0 Å². The quantitative estimate of drug-likeness (QED) is 0.425. The average Bonchev–Trinajstić information content (AvgIpc) is 3.05. The third-order valence-electron chi connectivity index (χ3n) is 4.49. The van der Waals surface area contributed by atoms with E-state index in [0.29, 0.717) is 33.4 Å². The molecule has 6 nitrogen and oxygen atoms in total. The number of carbonyl (C=O) groups excluding carboxylic acids is 1. The van der Waals surface area contributed by atoms with Crippen molar-refractivity contribution in [1.82, 2.24) is 4.40 Å². The van der Waals surface area contributed by atoms with Crippen LogP contribution in [0.4, 0.5) is 0 Å². The molecular formula is C19H15NO5. The van der Waals surface area contributed by atoms with Gasteiger partial charge < -0.3 is 14.2 Å². The number of hydrogen-bond acceptors (Lipinski definition) is 5. The molecule has 0 aliphatic heterocycles. The normalized spacial score (nSPS) is 11.3. The van der Waals surface area contributed by atoms with Crippen molar-refractivity contribution in [3.63, 3.8) is 0 Å². The second-order valence-electron chi connectivity index (χ2n) is 5.66. The minimum atomic E-state index is -0.477. The Morgan fingerprint density at radius 3 is 2.20 bits per heavy atom. The molecule has 6 heteroatoms. The Morgan fingerprint density at radius 2 is 1.56 bits per heavy atom. The number of rotatable bonds is 3. The van der Waals surface area contributed by atoms with Crippen LogP contribution in [0.15, 0.2) is 41.3 Å². The first-order valence-electron chi connectivity index (χ1n) is 7.64. The van der Waals surface area contributed by atoms with Crippen LogP contribution in [0.25, 0.3) is 27.1 Å². The molecule has 4 aromatic rings. The van der Waals surface area contributed by atoms with Crippen LogP contribution < -0.4 is 15.0 Å². The number of benzene rings is 2. The van der Waals surface area contributed by atoms with Crippen LogP contribution in [0.5, 0.6) is 11.5 Å². The molecule has 2 aromatic heterocycles. The largest absolute Gasteiger partial charge is 0.493 e. The first-order chi connectivity index (χ1) is 12.1. The summed E-state index contributed by atoms with van der Waals surface area (Å²) in [5.74, 6) is 0.541. The van der Waals surface area contributed by atoms with Gasteiger partial charge >= 0.3 is 5.97 Å². The third-order valence-corrected chi connectivity index (χ3v) is 4.49. The minimum absolute atomic E-state index is 0.227. The van der Waals surface area contributed by atoms with E-state index in [-0.39, 0.29) is 5.56 Å². The van der Waals surface area contributed by atoms with E-state index in [0.717, 1.165) is 10.8 Å². The SMILES string of the molecule is COC(=O)c1cn2c(=O)c3cc(OC)c(OC)cc3c3cccc1c32. The highest BCUT2D eigenvalue weighted by Crippen LogP contribution is 2.36. The van der Waals surface area contributed by atoms with Gasteiger partial charge in [-0.15, -0.1) is 0 Å². The van der Waals surface area contributed by atoms with E-state index in [9.17, 15) is 9.59 Å². The van der Waals surface area contributed by atoms with E-state index in [1.165, 1.54) is 24.8 Å². The van der Waals surface area contributed by atoms with E-state index >= 15 is 0 Å². The number of hydrogen-bond donors (Lipinski definition) is 0. The van der Waals surface area contributed by atoms with Gasteiger partial charge in [0.05, 0.1) is 37.8 Å². The number of esters is 1. The number of para-hydroxylation sites is 1. The molecule has 0 aliphatic carbocycles. The third kappa shape index (κ3) is 1.97. The molecule has 2 aromatic carbocycles. The standard InChI is InChI=1S/C19H15NO5/c1-23-15-7-12-10-5-4-6-11-14(19(22)25-3)9-20(17(10)11)18(21)13(12)8-16(15)24-2/h4-9H,1-3H3. The molecule has 126 valence electrons. The maximum Gasteiger partial charge on any atom is 0.340 e. The highest BCUT2D eigenvalue weighted by molar-refractivity contribution is 6.16. The summed E-state index contributed by atoms with van der Waals surface area (Å²) < 4.78 is 17.0. The molecule has 0 fully saturated rings. The Morgan fingerprint density at radius 1 is 0.920 bits per heavy atom. The molecule has 0 unspecified atom stereocenters. The number of fused-ring (bicyclic) bond motifs is 2. The topological polar surface area (TPSA) is 66.2 Å². The summed E-state index contributed by atoms with van der Waals surface area (Å²) in [6.45, 7) is 0. The van der Waals surface area contributed by atoms with Crippen molar-refractivity contribution < 1.29 is 19.0 Å². The molecule has 2 heterocycles. The summed E-state index contributed by atoms with van der Waals surface area (Å²) in [5.41, 5.74) is 0.821. The van der Waals surface area contributed by atoms with Gasteiger partial charge in [-0.2, -0.15) is 0 Å². The molecule has 0 saturated carbocycles. The molecule has 0 saturated heterocycles. The van der Waals surface area contributed by atoms with Gasteiger partial charge in [0.2, 0.25) is 0 Å². The average molecular weight is 337 g/mol. The molecule has 0 bridgehead atoms. The van der Waals surface area contributed by atoms with Gasteiger partial charge in [-0.3, -0.25) is 9.20 Å². The van der Waals surface area contributed by atoms with Crippen molar-refractivity contribution in [3.05, 3.63) is 52.4 Å². The van der Waals surface area contributed by atoms with E-state index in [2.05, 4.69) is 0 Å². The smallest absolute Gasteiger partial charge is 0.340 e. The van der Waals surface area contributed by atoms with Crippen molar-refractivity contribution in [2.75, 3.05) is 21.3 Å². The van der Waals surface area contributed by atoms with Crippen LogP contribution >= 0.6 is 0 Å². The van der Waals surface area contributed by atoms with Crippen molar-refractivity contribution in [2.24, 2.45) is 0 Å². The van der Waals surface area contributed by atoms with Crippen molar-refractivity contribution >= 4 is 33.0 Å². The Bertz CT molecular complexity index is 1190. The highest BCUT2D eigenvalue weighted by Gasteiger charge is 2.20. The van der Waals surface area contributed by atoms with Gasteiger partial charge in [-0.25, -0.2) is 4.79 Å². The first kappa shape index (κ1) is 15.3. The number of aromatic nitrogens is 1. The van der Waals surface area contributed by atoms with Gasteiger partial charge in [0, 0.05) is 22.4 Å². The number of pyridine rings is 1. The second-order valence-corrected chi connectivity index (χ2v) is 5.66. The molecule has 0 spiro atoms. The monoisotopic (exact) mass is 337 g/mol. The summed E-state index contributed by atoms with van der Waals surface area (Å²) in [5, 5.41) is 2.77. The maximum atomic E-state index is 13.0. The number of nitrogens with zero attached hydrogens (tertiary/aromatic N) is 1. The van der Waals surface area contributed by atoms with Gasteiger partial charge in [-0.1, -0.05) is 18.2 Å². The predicted octanol–water partition coefficient (Wildman–Crippen LogP) is 2.85. The lowest BCUT2D eigenvalue weighted by Crippen LogP contribution is -2.12. The maximum absolute atomic E-state index is 13.0. The van der Waals surface area contributed by atoms with E-state index in [4.69, 9.17) is 14.2 Å². The van der Waals surface area contributed by atoms with Crippen molar-refractivity contribution in [1.29, 1.82) is 0 Å². The number of carbonyl (C=O) groups is 1. The van der Waals surface area contributed by atoms with Gasteiger partial charge in [0.15, 0.2) is 11.5 Å². The molecule has 0 amide bonds. The number of methoxy groups -OCH3 is 3. The van der Waals surface area contributed by atoms with Crippen LogP contribution in [0.1, 0.15) is 10.4 Å². The Labute approximate surface area is 142 Å². The second kappa shape index (κ2) is 5.37. The van der Waals surface area contributed by atoms with Crippen LogP contribution in [0.2, 0.25) is 0 Å². The summed E-state index contributed by atoms with van der Waals surface area (Å²) in [6.07, 6.45) is 1.53. The Hall–Kier alpha value is -3.28. The fourth-order valence-electron chi connectivity index (χ4n) is 3.34. The predicted molar refractivity (Wildman–Crippen MR) is 94.3 cm³/mol. The fourth-order valence-corrected chi connectivity index (χ4v) is 3.34. The summed E-state index contributed by atoms with van der Waals surface area (Å²) in [7, 11) is 4.39. The van der Waals surface area contributed by atoms with Gasteiger partial charge in [-0.05, 0) is 12.1 Å². The minimum Gasteiger partial charge on any atom is -0.493 e. The summed E-state index contributed by atoms with van der Waals surface area (Å²) in [6, 6.07) is 9.02. The molecule has 0 radical (unpaired) electrons. The Balaban J connectivity index is 2.26. The molecule has 4 rings (SSSR count). The lowest BCUT2D eigenvalue weighted by molar-refractivity contribution is 0.0603. The number of ether oxygens (including phenoxy) is 3. The molecule has 0 N–H and O–H groups in total. The van der Waals surface area contributed by atoms with Crippen molar-refractivity contribution in [2.45, 2.75) is 0 Å². The van der Waals surface area contributed by atoms with E-state index in [1.807, 2.05) is 12.1 Å². The van der Waals surface area contributed by atoms with Gasteiger partial charge in [0.1, 0.15) is 0 Å². The summed E-state index contributed by atoms with van der Waals surface area (Å²) in [4.78, 5) is 25.1. The van der Waals surface area contributed by atoms with Crippen LogP contribution in [-0.2, 0) is 4.74 Å².